The van der Waals surface area contributed by atoms with Crippen LogP contribution in [0, 0.1) is 5.82 Å². The van der Waals surface area contributed by atoms with Crippen LogP contribution in [-0.2, 0) is 13.1 Å². The van der Waals surface area contributed by atoms with E-state index in [0.29, 0.717) is 30.2 Å². The molecule has 0 aliphatic rings. The standard InChI is InChI=1S/C18H17FN6O/c19-16-4-2-1-3-13(16)11-25-17-14(10-21-25)9-20-18(23-17)22-15-5-6-24(12-15)7-8-26/h1-6,9-10,12,26H,7-8,11H2,(H,20,22,23). The van der Waals surface area contributed by atoms with Gasteiger partial charge >= 0.3 is 0 Å². The number of aromatic nitrogens is 5. The Balaban J connectivity index is 1.60. The van der Waals surface area contributed by atoms with E-state index in [1.54, 1.807) is 35.3 Å². The minimum atomic E-state index is -0.270. The number of benzene rings is 1. The van der Waals surface area contributed by atoms with Crippen molar-refractivity contribution in [2.45, 2.75) is 13.1 Å². The van der Waals surface area contributed by atoms with Gasteiger partial charge in [-0.05, 0) is 12.1 Å². The van der Waals surface area contributed by atoms with Gasteiger partial charge in [0.2, 0.25) is 5.95 Å². The topological polar surface area (TPSA) is 80.8 Å². The van der Waals surface area contributed by atoms with Crippen LogP contribution in [-0.4, -0.2) is 36.0 Å². The highest BCUT2D eigenvalue weighted by molar-refractivity contribution is 5.75. The Bertz CT molecular complexity index is 1040. The molecule has 7 nitrogen and oxygen atoms in total. The quantitative estimate of drug-likeness (QED) is 0.557. The van der Waals surface area contributed by atoms with E-state index in [1.165, 1.54) is 6.07 Å². The largest absolute Gasteiger partial charge is 0.395 e. The van der Waals surface area contributed by atoms with Gasteiger partial charge in [-0.3, -0.25) is 0 Å². The third-order valence-electron chi connectivity index (χ3n) is 4.02. The molecule has 0 bridgehead atoms. The summed E-state index contributed by atoms with van der Waals surface area (Å²) in [7, 11) is 0. The first-order chi connectivity index (χ1) is 12.7. The van der Waals surface area contributed by atoms with Crippen molar-refractivity contribution >= 4 is 22.7 Å². The Labute approximate surface area is 148 Å². The predicted molar refractivity (Wildman–Crippen MR) is 95.6 cm³/mol. The molecule has 3 aromatic heterocycles. The lowest BCUT2D eigenvalue weighted by Crippen LogP contribution is -2.05. The van der Waals surface area contributed by atoms with Crippen LogP contribution in [0.4, 0.5) is 16.0 Å². The fourth-order valence-corrected chi connectivity index (χ4v) is 2.73. The maximum Gasteiger partial charge on any atom is 0.229 e. The summed E-state index contributed by atoms with van der Waals surface area (Å²) < 4.78 is 17.4. The zero-order valence-corrected chi connectivity index (χ0v) is 13.9. The number of aliphatic hydroxyl groups excluding tert-OH is 1. The van der Waals surface area contributed by atoms with E-state index in [2.05, 4.69) is 20.4 Å². The molecule has 0 unspecified atom stereocenters. The molecule has 8 heteroatoms. The molecule has 132 valence electrons. The highest BCUT2D eigenvalue weighted by atomic mass is 19.1. The van der Waals surface area contributed by atoms with Crippen molar-refractivity contribution in [3.63, 3.8) is 0 Å². The zero-order valence-electron chi connectivity index (χ0n) is 13.9. The number of hydrogen-bond donors (Lipinski definition) is 2. The van der Waals surface area contributed by atoms with E-state index in [9.17, 15) is 4.39 Å². The molecule has 4 aromatic rings. The summed E-state index contributed by atoms with van der Waals surface area (Å²) in [5, 5.41) is 17.2. The number of nitrogens with one attached hydrogen (secondary N) is 1. The van der Waals surface area contributed by atoms with Gasteiger partial charge in [0.15, 0.2) is 5.65 Å². The number of hydrogen-bond acceptors (Lipinski definition) is 5. The van der Waals surface area contributed by atoms with Crippen molar-refractivity contribution in [1.82, 2.24) is 24.3 Å². The van der Waals surface area contributed by atoms with Crippen molar-refractivity contribution in [2.24, 2.45) is 0 Å². The first-order valence-electron chi connectivity index (χ1n) is 8.18. The molecule has 4 rings (SSSR count). The molecular weight excluding hydrogens is 335 g/mol. The van der Waals surface area contributed by atoms with Crippen LogP contribution >= 0.6 is 0 Å². The Kier molecular flexibility index (Phi) is 4.32. The average molecular weight is 352 g/mol. The highest BCUT2D eigenvalue weighted by Crippen LogP contribution is 2.18. The Morgan fingerprint density at radius 2 is 2.04 bits per heavy atom. The molecule has 0 radical (unpaired) electrons. The predicted octanol–water partition coefficient (Wildman–Crippen LogP) is 2.55. The van der Waals surface area contributed by atoms with Gasteiger partial charge in [-0.25, -0.2) is 14.1 Å². The number of anilines is 2. The van der Waals surface area contributed by atoms with E-state index in [4.69, 9.17) is 5.11 Å². The van der Waals surface area contributed by atoms with Crippen molar-refractivity contribution in [3.05, 3.63) is 66.5 Å². The minimum absolute atomic E-state index is 0.0752. The summed E-state index contributed by atoms with van der Waals surface area (Å²) in [6, 6.07) is 8.49. The molecule has 0 atom stereocenters. The summed E-state index contributed by atoms with van der Waals surface area (Å²) in [6.45, 7) is 0.891. The molecule has 3 heterocycles. The molecule has 1 aromatic carbocycles. The summed E-state index contributed by atoms with van der Waals surface area (Å²) in [5.74, 6) is 0.156. The smallest absolute Gasteiger partial charge is 0.229 e. The van der Waals surface area contributed by atoms with Crippen LogP contribution in [0.5, 0.6) is 0 Å². The van der Waals surface area contributed by atoms with Gasteiger partial charge in [0.25, 0.3) is 0 Å². The summed E-state index contributed by atoms with van der Waals surface area (Å²) in [6.07, 6.45) is 7.07. The molecular formula is C18H17FN6O. The molecule has 0 saturated heterocycles. The highest BCUT2D eigenvalue weighted by Gasteiger charge is 2.10. The Morgan fingerprint density at radius 3 is 2.88 bits per heavy atom. The summed E-state index contributed by atoms with van der Waals surface area (Å²) >= 11 is 0. The molecule has 0 aliphatic carbocycles. The second kappa shape index (κ2) is 6.93. The molecule has 2 N–H and O–H groups in total. The normalized spacial score (nSPS) is 11.2. The fraction of sp³-hybridized carbons (Fsp3) is 0.167. The molecule has 26 heavy (non-hydrogen) atoms. The number of halogens is 1. The lowest BCUT2D eigenvalue weighted by molar-refractivity contribution is 0.276. The maximum atomic E-state index is 13.9. The van der Waals surface area contributed by atoms with E-state index in [0.717, 1.165) is 11.1 Å². The van der Waals surface area contributed by atoms with Crippen LogP contribution in [0.2, 0.25) is 0 Å². The molecule has 0 fully saturated rings. The number of nitrogens with zero attached hydrogens (tertiary/aromatic N) is 5. The average Bonchev–Trinajstić information content (AvgIpc) is 3.24. The second-order valence-electron chi connectivity index (χ2n) is 5.85. The Hall–Kier alpha value is -3.26. The van der Waals surface area contributed by atoms with Gasteiger partial charge < -0.3 is 15.0 Å². The fourth-order valence-electron chi connectivity index (χ4n) is 2.73. The minimum Gasteiger partial charge on any atom is -0.395 e. The van der Waals surface area contributed by atoms with Crippen molar-refractivity contribution in [3.8, 4) is 0 Å². The second-order valence-corrected chi connectivity index (χ2v) is 5.85. The molecule has 0 saturated carbocycles. The number of aliphatic hydroxyl groups is 1. The van der Waals surface area contributed by atoms with E-state index in [-0.39, 0.29) is 12.4 Å². The zero-order chi connectivity index (χ0) is 17.9. The van der Waals surface area contributed by atoms with E-state index in [1.807, 2.05) is 23.0 Å². The molecule has 0 aliphatic heterocycles. The maximum absolute atomic E-state index is 13.9. The van der Waals surface area contributed by atoms with Crippen molar-refractivity contribution in [1.29, 1.82) is 0 Å². The lowest BCUT2D eigenvalue weighted by atomic mass is 10.2. The van der Waals surface area contributed by atoms with Crippen LogP contribution in [0.3, 0.4) is 0 Å². The first kappa shape index (κ1) is 16.2. The molecule has 0 spiro atoms. The van der Waals surface area contributed by atoms with Crippen LogP contribution in [0.15, 0.2) is 55.1 Å². The Morgan fingerprint density at radius 1 is 1.15 bits per heavy atom. The SMILES string of the molecule is OCCn1ccc(Nc2ncc3cnn(Cc4ccccc4F)c3n2)c1. The van der Waals surface area contributed by atoms with Crippen molar-refractivity contribution < 1.29 is 9.50 Å². The van der Waals surface area contributed by atoms with E-state index < -0.39 is 0 Å². The van der Waals surface area contributed by atoms with Crippen LogP contribution in [0.1, 0.15) is 5.56 Å². The molecule has 0 amide bonds. The van der Waals surface area contributed by atoms with Gasteiger partial charge in [-0.2, -0.15) is 10.1 Å². The summed E-state index contributed by atoms with van der Waals surface area (Å²) in [5.41, 5.74) is 1.99. The van der Waals surface area contributed by atoms with E-state index >= 15 is 0 Å². The third kappa shape index (κ3) is 3.27. The monoisotopic (exact) mass is 352 g/mol. The van der Waals surface area contributed by atoms with Gasteiger partial charge in [-0.15, -0.1) is 0 Å². The number of fused-ring (bicyclic) bond motifs is 1. The van der Waals surface area contributed by atoms with Gasteiger partial charge in [0.1, 0.15) is 5.82 Å². The lowest BCUT2D eigenvalue weighted by Gasteiger charge is -2.06. The van der Waals surface area contributed by atoms with Crippen LogP contribution in [0.25, 0.3) is 11.0 Å². The van der Waals surface area contributed by atoms with Crippen molar-refractivity contribution in [2.75, 3.05) is 11.9 Å². The summed E-state index contributed by atoms with van der Waals surface area (Å²) in [4.78, 5) is 8.80. The van der Waals surface area contributed by atoms with Gasteiger partial charge in [0, 0.05) is 30.7 Å². The first-order valence-corrected chi connectivity index (χ1v) is 8.18. The van der Waals surface area contributed by atoms with Crippen LogP contribution < -0.4 is 5.32 Å². The number of rotatable bonds is 6. The third-order valence-corrected chi connectivity index (χ3v) is 4.02. The van der Waals surface area contributed by atoms with Gasteiger partial charge in [0.05, 0.1) is 30.4 Å². The van der Waals surface area contributed by atoms with Gasteiger partial charge in [-0.1, -0.05) is 18.2 Å².